The molecule has 6 heteroatoms. The van der Waals surface area contributed by atoms with E-state index in [4.69, 9.17) is 5.11 Å². The fraction of sp³-hybridized carbons (Fsp3) is 0.333. The molecular formula is C21H24N2O3S. The number of likely N-dealkylation sites (tertiary alicyclic amines) is 1. The highest BCUT2D eigenvalue weighted by molar-refractivity contribution is 7.99. The maximum Gasteiger partial charge on any atom is 0.321 e. The van der Waals surface area contributed by atoms with Crippen LogP contribution in [0.2, 0.25) is 0 Å². The van der Waals surface area contributed by atoms with Crippen molar-refractivity contribution in [2.45, 2.75) is 36.5 Å². The van der Waals surface area contributed by atoms with Gasteiger partial charge in [-0.1, -0.05) is 23.9 Å². The number of urea groups is 1. The van der Waals surface area contributed by atoms with Crippen LogP contribution in [0.3, 0.4) is 0 Å². The van der Waals surface area contributed by atoms with E-state index < -0.39 is 5.97 Å². The molecule has 0 unspecified atom stereocenters. The summed E-state index contributed by atoms with van der Waals surface area (Å²) in [4.78, 5) is 27.4. The average molecular weight is 385 g/mol. The van der Waals surface area contributed by atoms with Crippen LogP contribution in [0.4, 0.5) is 10.5 Å². The number of nitrogens with zero attached hydrogens (tertiary/aromatic N) is 1. The summed E-state index contributed by atoms with van der Waals surface area (Å²) in [6, 6.07) is 14.0. The van der Waals surface area contributed by atoms with Gasteiger partial charge >= 0.3 is 12.0 Å². The zero-order valence-corrected chi connectivity index (χ0v) is 16.4. The van der Waals surface area contributed by atoms with Gasteiger partial charge < -0.3 is 15.3 Å². The number of rotatable bonds is 4. The van der Waals surface area contributed by atoms with Crippen molar-refractivity contribution in [3.05, 3.63) is 53.6 Å². The molecule has 0 spiro atoms. The van der Waals surface area contributed by atoms with Crippen molar-refractivity contribution in [3.8, 4) is 0 Å². The Bertz CT molecular complexity index is 828. The van der Waals surface area contributed by atoms with Gasteiger partial charge in [0.15, 0.2) is 0 Å². The van der Waals surface area contributed by atoms with Gasteiger partial charge in [-0.2, -0.15) is 0 Å². The minimum atomic E-state index is -0.771. The first-order valence-corrected chi connectivity index (χ1v) is 9.88. The maximum absolute atomic E-state index is 12.4. The van der Waals surface area contributed by atoms with E-state index in [1.54, 1.807) is 16.7 Å². The molecule has 0 atom stereocenters. The number of hydrogen-bond donors (Lipinski definition) is 2. The Kier molecular flexibility index (Phi) is 6.06. The van der Waals surface area contributed by atoms with Crippen LogP contribution < -0.4 is 5.32 Å². The molecule has 0 aromatic heterocycles. The fourth-order valence-corrected chi connectivity index (χ4v) is 4.08. The van der Waals surface area contributed by atoms with Gasteiger partial charge in [-0.3, -0.25) is 4.79 Å². The minimum absolute atomic E-state index is 0.172. The van der Waals surface area contributed by atoms with E-state index in [1.807, 2.05) is 24.3 Å². The van der Waals surface area contributed by atoms with Crippen molar-refractivity contribution in [1.82, 2.24) is 4.90 Å². The molecule has 5 nitrogen and oxygen atoms in total. The van der Waals surface area contributed by atoms with Crippen LogP contribution in [0.25, 0.3) is 0 Å². The van der Waals surface area contributed by atoms with Crippen LogP contribution in [0, 0.1) is 19.8 Å². The Morgan fingerprint density at radius 3 is 2.37 bits per heavy atom. The SMILES string of the molecule is Cc1ccc(C)c(Sc2ccc(NC(=O)N3CCC(C(=O)O)CC3)cc2)c1. The summed E-state index contributed by atoms with van der Waals surface area (Å²) in [5, 5.41) is 11.9. The molecular weight excluding hydrogens is 360 g/mol. The molecule has 2 aromatic rings. The Morgan fingerprint density at radius 1 is 1.07 bits per heavy atom. The van der Waals surface area contributed by atoms with Gasteiger partial charge in [0.1, 0.15) is 0 Å². The minimum Gasteiger partial charge on any atom is -0.481 e. The highest BCUT2D eigenvalue weighted by Gasteiger charge is 2.26. The number of carbonyl (C=O) groups is 2. The Labute approximate surface area is 163 Å². The first-order chi connectivity index (χ1) is 12.9. The molecule has 2 N–H and O–H groups in total. The predicted octanol–water partition coefficient (Wildman–Crippen LogP) is 4.78. The van der Waals surface area contributed by atoms with Crippen LogP contribution in [0.15, 0.2) is 52.3 Å². The lowest BCUT2D eigenvalue weighted by molar-refractivity contribution is -0.143. The number of carbonyl (C=O) groups excluding carboxylic acids is 1. The zero-order chi connectivity index (χ0) is 19.4. The third-order valence-corrected chi connectivity index (χ3v) is 5.98. The molecule has 0 saturated carbocycles. The molecule has 2 aromatic carbocycles. The number of hydrogen-bond acceptors (Lipinski definition) is 3. The van der Waals surface area contributed by atoms with Crippen LogP contribution in [-0.2, 0) is 4.79 Å². The van der Waals surface area contributed by atoms with Gasteiger partial charge in [0, 0.05) is 28.6 Å². The lowest BCUT2D eigenvalue weighted by Gasteiger charge is -2.30. The summed E-state index contributed by atoms with van der Waals surface area (Å²) in [6.07, 6.45) is 1.02. The number of aryl methyl sites for hydroxylation is 2. The lowest BCUT2D eigenvalue weighted by Crippen LogP contribution is -2.42. The number of anilines is 1. The first kappa shape index (κ1) is 19.3. The average Bonchev–Trinajstić information content (AvgIpc) is 2.66. The molecule has 0 bridgehead atoms. The van der Waals surface area contributed by atoms with Gasteiger partial charge in [0.2, 0.25) is 0 Å². The largest absolute Gasteiger partial charge is 0.481 e. The third kappa shape index (κ3) is 5.04. The van der Waals surface area contributed by atoms with E-state index in [-0.39, 0.29) is 11.9 Å². The number of carboxylic acids is 1. The Balaban J connectivity index is 1.57. The van der Waals surface area contributed by atoms with Gasteiger partial charge in [-0.25, -0.2) is 4.79 Å². The van der Waals surface area contributed by atoms with Crippen molar-refractivity contribution in [2.75, 3.05) is 18.4 Å². The molecule has 1 fully saturated rings. The van der Waals surface area contributed by atoms with Crippen LogP contribution in [-0.4, -0.2) is 35.1 Å². The highest BCUT2D eigenvalue weighted by Crippen LogP contribution is 2.31. The van der Waals surface area contributed by atoms with Crippen molar-refractivity contribution in [3.63, 3.8) is 0 Å². The number of benzene rings is 2. The summed E-state index contributed by atoms with van der Waals surface area (Å²) in [6.45, 7) is 5.14. The van der Waals surface area contributed by atoms with E-state index in [0.717, 1.165) is 10.6 Å². The van der Waals surface area contributed by atoms with E-state index in [1.165, 1.54) is 16.0 Å². The molecule has 1 saturated heterocycles. The smallest absolute Gasteiger partial charge is 0.321 e. The monoisotopic (exact) mass is 384 g/mol. The molecule has 3 rings (SSSR count). The second-order valence-corrected chi connectivity index (χ2v) is 8.04. The van der Waals surface area contributed by atoms with Crippen LogP contribution in [0.5, 0.6) is 0 Å². The van der Waals surface area contributed by atoms with Crippen molar-refractivity contribution >= 4 is 29.4 Å². The third-order valence-electron chi connectivity index (χ3n) is 4.81. The van der Waals surface area contributed by atoms with Crippen LogP contribution >= 0.6 is 11.8 Å². The van der Waals surface area contributed by atoms with E-state index in [2.05, 4.69) is 37.4 Å². The molecule has 1 aliphatic rings. The van der Waals surface area contributed by atoms with E-state index >= 15 is 0 Å². The van der Waals surface area contributed by atoms with E-state index in [9.17, 15) is 9.59 Å². The second-order valence-electron chi connectivity index (χ2n) is 6.93. The standard InChI is InChI=1S/C21H24N2O3S/c1-14-3-4-15(2)19(13-14)27-18-7-5-17(6-8-18)22-21(26)23-11-9-16(10-12-23)20(24)25/h3-8,13,16H,9-12H2,1-2H3,(H,22,26)(H,24,25). The molecule has 0 aliphatic carbocycles. The number of carboxylic acid groups (broad SMARTS) is 1. The van der Waals surface area contributed by atoms with Crippen molar-refractivity contribution in [2.24, 2.45) is 5.92 Å². The maximum atomic E-state index is 12.4. The topological polar surface area (TPSA) is 69.6 Å². The molecule has 0 radical (unpaired) electrons. The van der Waals surface area contributed by atoms with Crippen molar-refractivity contribution < 1.29 is 14.7 Å². The molecule has 27 heavy (non-hydrogen) atoms. The van der Waals surface area contributed by atoms with Gasteiger partial charge in [-0.15, -0.1) is 0 Å². The normalized spacial score (nSPS) is 14.8. The van der Waals surface area contributed by atoms with Gasteiger partial charge in [-0.05, 0) is 68.1 Å². The number of piperidine rings is 1. The summed E-state index contributed by atoms with van der Waals surface area (Å²) in [5.74, 6) is -1.11. The second kappa shape index (κ2) is 8.48. The lowest BCUT2D eigenvalue weighted by atomic mass is 9.97. The zero-order valence-electron chi connectivity index (χ0n) is 15.6. The van der Waals surface area contributed by atoms with E-state index in [0.29, 0.717) is 25.9 Å². The summed E-state index contributed by atoms with van der Waals surface area (Å²) < 4.78 is 0. The van der Waals surface area contributed by atoms with Crippen molar-refractivity contribution in [1.29, 1.82) is 0 Å². The summed E-state index contributed by atoms with van der Waals surface area (Å²) >= 11 is 1.71. The molecule has 2 amide bonds. The Hall–Kier alpha value is -2.47. The summed E-state index contributed by atoms with van der Waals surface area (Å²) in [7, 11) is 0. The number of nitrogens with one attached hydrogen (secondary N) is 1. The molecule has 1 heterocycles. The van der Waals surface area contributed by atoms with Gasteiger partial charge in [0.25, 0.3) is 0 Å². The molecule has 1 aliphatic heterocycles. The first-order valence-electron chi connectivity index (χ1n) is 9.06. The van der Waals surface area contributed by atoms with Gasteiger partial charge in [0.05, 0.1) is 5.92 Å². The summed E-state index contributed by atoms with van der Waals surface area (Å²) in [5.41, 5.74) is 3.22. The highest BCUT2D eigenvalue weighted by atomic mass is 32.2. The fourth-order valence-electron chi connectivity index (χ4n) is 3.08. The quantitative estimate of drug-likeness (QED) is 0.796. The van der Waals surface area contributed by atoms with Crippen LogP contribution in [0.1, 0.15) is 24.0 Å². The predicted molar refractivity (Wildman–Crippen MR) is 107 cm³/mol. The number of aliphatic carboxylic acids is 1. The molecule has 142 valence electrons. The number of amides is 2. The Morgan fingerprint density at radius 2 is 1.74 bits per heavy atom.